The molecule has 5 N–H and O–H groups in total. The number of primary amides is 1. The molecule has 0 bridgehead atoms. The number of amides is 3. The Balaban J connectivity index is 1.70. The molecule has 1 heterocycles. The summed E-state index contributed by atoms with van der Waals surface area (Å²) in [5.41, 5.74) is 8.40. The minimum Gasteiger partial charge on any atom is -0.495 e. The summed E-state index contributed by atoms with van der Waals surface area (Å²) in [7, 11) is 1.54. The molecule has 2 aromatic carbocycles. The summed E-state index contributed by atoms with van der Waals surface area (Å²) in [4.78, 5) is 26.4. The van der Waals surface area contributed by atoms with E-state index in [0.717, 1.165) is 5.56 Å². The van der Waals surface area contributed by atoms with Crippen LogP contribution in [0.4, 0.5) is 16.2 Å². The lowest BCUT2D eigenvalue weighted by atomic mass is 10.1. The lowest BCUT2D eigenvalue weighted by Crippen LogP contribution is -2.19. The van der Waals surface area contributed by atoms with Crippen LogP contribution in [-0.2, 0) is 0 Å². The molecule has 0 aliphatic heterocycles. The SMILES string of the molecule is COc1ccccc1NC(=O)Nc1ccc(-c2cc[nH]c2C(N)=O)cc1. The Labute approximate surface area is 150 Å². The van der Waals surface area contributed by atoms with Gasteiger partial charge in [-0.25, -0.2) is 4.79 Å². The molecule has 132 valence electrons. The molecule has 7 heteroatoms. The van der Waals surface area contributed by atoms with Crippen LogP contribution < -0.4 is 21.1 Å². The smallest absolute Gasteiger partial charge is 0.323 e. The van der Waals surface area contributed by atoms with E-state index in [9.17, 15) is 9.59 Å². The fraction of sp³-hybridized carbons (Fsp3) is 0.0526. The summed E-state index contributed by atoms with van der Waals surface area (Å²) in [5, 5.41) is 5.48. The first kappa shape index (κ1) is 17.1. The summed E-state index contributed by atoms with van der Waals surface area (Å²) in [6, 6.07) is 15.6. The van der Waals surface area contributed by atoms with Gasteiger partial charge in [-0.05, 0) is 35.9 Å². The highest BCUT2D eigenvalue weighted by Crippen LogP contribution is 2.25. The van der Waals surface area contributed by atoms with E-state index in [2.05, 4.69) is 15.6 Å². The second-order valence-corrected chi connectivity index (χ2v) is 5.49. The Morgan fingerprint density at radius 2 is 1.73 bits per heavy atom. The van der Waals surface area contributed by atoms with Gasteiger partial charge in [-0.15, -0.1) is 0 Å². The van der Waals surface area contributed by atoms with Gasteiger partial charge in [0, 0.05) is 17.4 Å². The third-order valence-corrected chi connectivity index (χ3v) is 3.80. The molecule has 7 nitrogen and oxygen atoms in total. The summed E-state index contributed by atoms with van der Waals surface area (Å²) in [5.74, 6) is 0.0489. The maximum atomic E-state index is 12.2. The number of hydrogen-bond donors (Lipinski definition) is 4. The topological polar surface area (TPSA) is 109 Å². The predicted molar refractivity (Wildman–Crippen MR) is 100 cm³/mol. The number of ether oxygens (including phenoxy) is 1. The minimum absolute atomic E-state index is 0.347. The van der Waals surface area contributed by atoms with Crippen molar-refractivity contribution >= 4 is 23.3 Å². The first-order valence-electron chi connectivity index (χ1n) is 7.87. The van der Waals surface area contributed by atoms with E-state index in [0.29, 0.717) is 28.4 Å². The number of para-hydroxylation sites is 2. The van der Waals surface area contributed by atoms with Crippen LogP contribution in [0.25, 0.3) is 11.1 Å². The van der Waals surface area contributed by atoms with Gasteiger partial charge in [0.25, 0.3) is 5.91 Å². The highest BCUT2D eigenvalue weighted by molar-refractivity contribution is 6.01. The molecule has 0 saturated heterocycles. The van der Waals surface area contributed by atoms with Crippen molar-refractivity contribution in [2.45, 2.75) is 0 Å². The molecule has 0 aliphatic rings. The lowest BCUT2D eigenvalue weighted by Gasteiger charge is -2.11. The van der Waals surface area contributed by atoms with Gasteiger partial charge < -0.3 is 26.1 Å². The number of aromatic amines is 1. The van der Waals surface area contributed by atoms with Crippen molar-refractivity contribution in [3.8, 4) is 16.9 Å². The fourth-order valence-electron chi connectivity index (χ4n) is 2.58. The van der Waals surface area contributed by atoms with E-state index in [-0.39, 0.29) is 6.03 Å². The minimum atomic E-state index is -0.525. The van der Waals surface area contributed by atoms with Gasteiger partial charge >= 0.3 is 6.03 Å². The molecule has 26 heavy (non-hydrogen) atoms. The van der Waals surface area contributed by atoms with Crippen molar-refractivity contribution in [2.75, 3.05) is 17.7 Å². The molecule has 3 aromatic rings. The van der Waals surface area contributed by atoms with Crippen LogP contribution in [0.15, 0.2) is 60.8 Å². The summed E-state index contributed by atoms with van der Waals surface area (Å²) in [6.45, 7) is 0. The van der Waals surface area contributed by atoms with Crippen LogP contribution in [0.3, 0.4) is 0 Å². The van der Waals surface area contributed by atoms with E-state index in [1.807, 2.05) is 6.07 Å². The van der Waals surface area contributed by atoms with E-state index in [4.69, 9.17) is 10.5 Å². The van der Waals surface area contributed by atoms with E-state index in [1.54, 1.807) is 61.8 Å². The molecule has 3 rings (SSSR count). The molecule has 0 radical (unpaired) electrons. The van der Waals surface area contributed by atoms with Crippen molar-refractivity contribution in [3.05, 3.63) is 66.5 Å². The number of carbonyl (C=O) groups is 2. The van der Waals surface area contributed by atoms with Gasteiger partial charge in [-0.3, -0.25) is 4.79 Å². The van der Waals surface area contributed by atoms with Crippen molar-refractivity contribution in [2.24, 2.45) is 5.73 Å². The molecule has 0 atom stereocenters. The number of rotatable bonds is 5. The third kappa shape index (κ3) is 3.67. The average Bonchev–Trinajstić information content (AvgIpc) is 3.13. The number of carbonyl (C=O) groups excluding carboxylic acids is 2. The highest BCUT2D eigenvalue weighted by atomic mass is 16.5. The van der Waals surface area contributed by atoms with E-state index in [1.165, 1.54) is 0 Å². The van der Waals surface area contributed by atoms with E-state index < -0.39 is 5.91 Å². The number of hydrogen-bond acceptors (Lipinski definition) is 3. The zero-order valence-electron chi connectivity index (χ0n) is 14.1. The number of benzene rings is 2. The molecule has 0 saturated carbocycles. The van der Waals surface area contributed by atoms with Gasteiger partial charge in [0.1, 0.15) is 11.4 Å². The van der Waals surface area contributed by atoms with Gasteiger partial charge in [0.15, 0.2) is 0 Å². The molecular weight excluding hydrogens is 332 g/mol. The Bertz CT molecular complexity index is 932. The first-order chi connectivity index (χ1) is 12.6. The highest BCUT2D eigenvalue weighted by Gasteiger charge is 2.11. The van der Waals surface area contributed by atoms with Crippen LogP contribution in [0, 0.1) is 0 Å². The van der Waals surface area contributed by atoms with Crippen LogP contribution in [0.2, 0.25) is 0 Å². The number of methoxy groups -OCH3 is 1. The maximum Gasteiger partial charge on any atom is 0.323 e. The maximum absolute atomic E-state index is 12.2. The average molecular weight is 350 g/mol. The molecule has 3 amide bonds. The molecule has 0 fully saturated rings. The quantitative estimate of drug-likeness (QED) is 0.566. The van der Waals surface area contributed by atoms with Crippen LogP contribution in [0.5, 0.6) is 5.75 Å². The number of urea groups is 1. The second-order valence-electron chi connectivity index (χ2n) is 5.49. The van der Waals surface area contributed by atoms with Gasteiger partial charge in [0.05, 0.1) is 12.8 Å². The predicted octanol–water partition coefficient (Wildman–Crippen LogP) is 3.43. The zero-order chi connectivity index (χ0) is 18.5. The summed E-state index contributed by atoms with van der Waals surface area (Å²) in [6.07, 6.45) is 1.66. The molecule has 1 aromatic heterocycles. The summed E-state index contributed by atoms with van der Waals surface area (Å²) >= 11 is 0. The van der Waals surface area contributed by atoms with Crippen LogP contribution in [0.1, 0.15) is 10.5 Å². The summed E-state index contributed by atoms with van der Waals surface area (Å²) < 4.78 is 5.20. The Hall–Kier alpha value is -3.74. The normalized spacial score (nSPS) is 10.2. The van der Waals surface area contributed by atoms with Gasteiger partial charge in [0.2, 0.25) is 0 Å². The van der Waals surface area contributed by atoms with Crippen LogP contribution in [-0.4, -0.2) is 24.0 Å². The number of nitrogens with one attached hydrogen (secondary N) is 3. The van der Waals surface area contributed by atoms with Gasteiger partial charge in [-0.1, -0.05) is 24.3 Å². The van der Waals surface area contributed by atoms with Crippen molar-refractivity contribution in [3.63, 3.8) is 0 Å². The lowest BCUT2D eigenvalue weighted by molar-refractivity contribution is 0.0997. The fourth-order valence-corrected chi connectivity index (χ4v) is 2.58. The van der Waals surface area contributed by atoms with Crippen molar-refractivity contribution in [1.82, 2.24) is 4.98 Å². The molecule has 0 unspecified atom stereocenters. The van der Waals surface area contributed by atoms with Crippen molar-refractivity contribution in [1.29, 1.82) is 0 Å². The Kier molecular flexibility index (Phi) is 4.89. The van der Waals surface area contributed by atoms with Crippen molar-refractivity contribution < 1.29 is 14.3 Å². The number of H-pyrrole nitrogens is 1. The van der Waals surface area contributed by atoms with Crippen LogP contribution >= 0.6 is 0 Å². The monoisotopic (exact) mass is 350 g/mol. The molecule has 0 aliphatic carbocycles. The first-order valence-corrected chi connectivity index (χ1v) is 7.87. The number of anilines is 2. The largest absolute Gasteiger partial charge is 0.495 e. The Morgan fingerprint density at radius 1 is 1.00 bits per heavy atom. The second kappa shape index (κ2) is 7.43. The molecule has 0 spiro atoms. The van der Waals surface area contributed by atoms with E-state index >= 15 is 0 Å². The number of aromatic nitrogens is 1. The zero-order valence-corrected chi connectivity index (χ0v) is 14.1. The Morgan fingerprint density at radius 3 is 2.42 bits per heavy atom. The van der Waals surface area contributed by atoms with Gasteiger partial charge in [-0.2, -0.15) is 0 Å². The third-order valence-electron chi connectivity index (χ3n) is 3.80. The number of nitrogens with two attached hydrogens (primary N) is 1. The molecular formula is C19H18N4O3. The standard InChI is InChI=1S/C19H18N4O3/c1-26-16-5-3-2-4-15(16)23-19(25)22-13-8-6-12(7-9-13)14-10-11-21-17(14)18(20)24/h2-11,21H,1H3,(H2,20,24)(H2,22,23,25).